The van der Waals surface area contributed by atoms with Crippen LogP contribution < -0.4 is 15.0 Å². The van der Waals surface area contributed by atoms with Gasteiger partial charge in [-0.15, -0.1) is 0 Å². The van der Waals surface area contributed by atoms with Crippen molar-refractivity contribution in [1.82, 2.24) is 25.1 Å². The maximum absolute atomic E-state index is 13.2. The minimum atomic E-state index is -0.489. The van der Waals surface area contributed by atoms with Crippen LogP contribution in [0.3, 0.4) is 0 Å². The second-order valence-electron chi connectivity index (χ2n) is 14.2. The molecule has 244 valence electrons. The van der Waals surface area contributed by atoms with Crippen molar-refractivity contribution in [1.29, 1.82) is 5.26 Å². The van der Waals surface area contributed by atoms with E-state index in [2.05, 4.69) is 53.9 Å². The summed E-state index contributed by atoms with van der Waals surface area (Å²) in [5.74, 6) is 0.907. The van der Waals surface area contributed by atoms with Crippen LogP contribution in [-0.4, -0.2) is 95.8 Å². The minimum absolute atomic E-state index is 0.162. The molecule has 0 atom stereocenters. The highest BCUT2D eigenvalue weighted by Crippen LogP contribution is 2.55. The van der Waals surface area contributed by atoms with E-state index >= 15 is 0 Å². The van der Waals surface area contributed by atoms with Gasteiger partial charge in [0.15, 0.2) is 0 Å². The van der Waals surface area contributed by atoms with Crippen LogP contribution in [0.15, 0.2) is 30.6 Å². The van der Waals surface area contributed by atoms with Gasteiger partial charge in [0.25, 0.3) is 5.91 Å². The van der Waals surface area contributed by atoms with Crippen LogP contribution in [0.2, 0.25) is 5.02 Å². The predicted octanol–water partition coefficient (Wildman–Crippen LogP) is 4.99. The number of nitrogens with one attached hydrogen (secondary N) is 1. The molecule has 1 aliphatic heterocycles. The average Bonchev–Trinajstić information content (AvgIpc) is 2.97. The zero-order chi connectivity index (χ0) is 33.2. The largest absolute Gasteiger partial charge is 0.489 e. The van der Waals surface area contributed by atoms with Crippen LogP contribution in [-0.2, 0) is 4.74 Å². The van der Waals surface area contributed by atoms with Crippen LogP contribution in [0, 0.1) is 22.2 Å². The summed E-state index contributed by atoms with van der Waals surface area (Å²) in [5, 5.41) is 12.7. The molecule has 2 heterocycles. The number of amides is 2. The topological polar surface area (TPSA) is 124 Å². The molecular formula is C33H46ClN7O4. The third-order valence-corrected chi connectivity index (χ3v) is 8.98. The highest BCUT2D eigenvalue weighted by atomic mass is 35.5. The molecule has 45 heavy (non-hydrogen) atoms. The number of carbonyl (C=O) groups excluding carboxylic acids is 2. The van der Waals surface area contributed by atoms with Crippen molar-refractivity contribution in [2.24, 2.45) is 10.8 Å². The van der Waals surface area contributed by atoms with Crippen LogP contribution in [0.1, 0.15) is 70.8 Å². The summed E-state index contributed by atoms with van der Waals surface area (Å²) in [6.45, 7) is 18.5. The fourth-order valence-electron chi connectivity index (χ4n) is 6.56. The van der Waals surface area contributed by atoms with Crippen LogP contribution in [0.5, 0.6) is 5.75 Å². The van der Waals surface area contributed by atoms with Crippen molar-refractivity contribution in [3.8, 4) is 11.8 Å². The molecule has 0 unspecified atom stereocenters. The molecule has 2 fully saturated rings. The number of piperazine rings is 1. The molecule has 0 spiro atoms. The SMILES string of the molecule is CN(CCCN1CCN(C(=O)OC(C)(C)C)CC1)c1ncc(C(=O)N[C@H]2C(C)(C)[C@H](Oc3ccc(C#N)c(Cl)c3)C2(C)C)cn1. The molecule has 1 saturated heterocycles. The third-order valence-electron chi connectivity index (χ3n) is 8.66. The molecule has 2 amide bonds. The Bertz CT molecular complexity index is 1390. The second-order valence-corrected chi connectivity index (χ2v) is 14.6. The molecule has 1 N–H and O–H groups in total. The van der Waals surface area contributed by atoms with Gasteiger partial charge in [-0.05, 0) is 45.9 Å². The van der Waals surface area contributed by atoms with Gasteiger partial charge in [0, 0.05) is 75.1 Å². The lowest BCUT2D eigenvalue weighted by atomic mass is 9.49. The number of nitrogens with zero attached hydrogens (tertiary/aromatic N) is 6. The van der Waals surface area contributed by atoms with E-state index < -0.39 is 5.60 Å². The van der Waals surface area contributed by atoms with Gasteiger partial charge in [0.2, 0.25) is 5.95 Å². The Morgan fingerprint density at radius 3 is 2.29 bits per heavy atom. The fraction of sp³-hybridized carbons (Fsp3) is 0.606. The number of ether oxygens (including phenoxy) is 2. The highest BCUT2D eigenvalue weighted by Gasteiger charge is 2.64. The Hall–Kier alpha value is -3.62. The maximum Gasteiger partial charge on any atom is 0.410 e. The molecular weight excluding hydrogens is 594 g/mol. The van der Waals surface area contributed by atoms with E-state index in [1.807, 2.05) is 32.7 Å². The van der Waals surface area contributed by atoms with Crippen molar-refractivity contribution >= 4 is 29.5 Å². The summed E-state index contributed by atoms with van der Waals surface area (Å²) in [4.78, 5) is 40.6. The van der Waals surface area contributed by atoms with E-state index in [0.29, 0.717) is 40.9 Å². The van der Waals surface area contributed by atoms with E-state index in [0.717, 1.165) is 32.6 Å². The zero-order valence-corrected chi connectivity index (χ0v) is 28.4. The molecule has 12 heteroatoms. The quantitative estimate of drug-likeness (QED) is 0.404. The number of aromatic nitrogens is 2. The lowest BCUT2D eigenvalue weighted by Crippen LogP contribution is -2.74. The first-order valence-corrected chi connectivity index (χ1v) is 15.8. The van der Waals surface area contributed by atoms with Gasteiger partial charge in [0.05, 0.1) is 16.1 Å². The molecule has 2 aliphatic rings. The Balaban J connectivity index is 1.24. The Kier molecular flexibility index (Phi) is 10.2. The number of rotatable bonds is 9. The summed E-state index contributed by atoms with van der Waals surface area (Å²) < 4.78 is 11.8. The van der Waals surface area contributed by atoms with Crippen LogP contribution in [0.4, 0.5) is 10.7 Å². The normalized spacial score (nSPS) is 20.8. The number of benzene rings is 1. The maximum atomic E-state index is 13.2. The van der Waals surface area contributed by atoms with Crippen molar-refractivity contribution in [3.05, 3.63) is 46.7 Å². The number of halogens is 1. The van der Waals surface area contributed by atoms with E-state index in [9.17, 15) is 9.59 Å². The van der Waals surface area contributed by atoms with E-state index in [4.69, 9.17) is 26.3 Å². The third kappa shape index (κ3) is 7.97. The summed E-state index contributed by atoms with van der Waals surface area (Å²) in [6, 6.07) is 6.94. The molecule has 1 aromatic carbocycles. The minimum Gasteiger partial charge on any atom is -0.489 e. The van der Waals surface area contributed by atoms with Gasteiger partial charge in [-0.2, -0.15) is 5.26 Å². The first kappa shape index (κ1) is 34.3. The van der Waals surface area contributed by atoms with Gasteiger partial charge in [-0.25, -0.2) is 14.8 Å². The summed E-state index contributed by atoms with van der Waals surface area (Å²) in [5.41, 5.74) is -0.444. The number of nitriles is 1. The number of hydrogen-bond donors (Lipinski definition) is 1. The first-order chi connectivity index (χ1) is 21.0. The van der Waals surface area contributed by atoms with E-state index in [-0.39, 0.29) is 35.0 Å². The molecule has 2 aromatic rings. The molecule has 0 radical (unpaired) electrons. The number of hydrogen-bond acceptors (Lipinski definition) is 9. The fourth-order valence-corrected chi connectivity index (χ4v) is 6.77. The van der Waals surface area contributed by atoms with Gasteiger partial charge < -0.3 is 24.6 Å². The van der Waals surface area contributed by atoms with Gasteiger partial charge >= 0.3 is 6.09 Å². The lowest BCUT2D eigenvalue weighted by Gasteiger charge is -2.63. The summed E-state index contributed by atoms with van der Waals surface area (Å²) >= 11 is 6.21. The zero-order valence-electron chi connectivity index (χ0n) is 27.7. The van der Waals surface area contributed by atoms with Crippen molar-refractivity contribution in [2.45, 2.75) is 72.6 Å². The Morgan fingerprint density at radius 2 is 1.73 bits per heavy atom. The monoisotopic (exact) mass is 639 g/mol. The van der Waals surface area contributed by atoms with Crippen molar-refractivity contribution < 1.29 is 19.1 Å². The van der Waals surface area contributed by atoms with Crippen molar-refractivity contribution in [3.63, 3.8) is 0 Å². The van der Waals surface area contributed by atoms with Gasteiger partial charge in [0.1, 0.15) is 23.5 Å². The lowest BCUT2D eigenvalue weighted by molar-refractivity contribution is -0.164. The summed E-state index contributed by atoms with van der Waals surface area (Å²) in [7, 11) is 1.94. The summed E-state index contributed by atoms with van der Waals surface area (Å²) in [6.07, 6.45) is 3.60. The van der Waals surface area contributed by atoms with Crippen LogP contribution >= 0.6 is 11.6 Å². The molecule has 1 aromatic heterocycles. The van der Waals surface area contributed by atoms with Crippen molar-refractivity contribution in [2.75, 3.05) is 51.2 Å². The average molecular weight is 640 g/mol. The standard InChI is InChI=1S/C33H46ClN7O4/c1-31(2,3)45-30(43)41-16-14-40(15-17-41)13-9-12-39(8)29-36-20-23(21-37-29)26(42)38-27-32(4,5)28(33(27,6)7)44-24-11-10-22(19-35)25(34)18-24/h10-11,18,20-21,27-28H,9,12-17H2,1-8H3,(H,38,42)/t27-,28-. The Labute approximate surface area is 271 Å². The first-order valence-electron chi connectivity index (χ1n) is 15.4. The smallest absolute Gasteiger partial charge is 0.410 e. The van der Waals surface area contributed by atoms with Gasteiger partial charge in [-0.1, -0.05) is 39.3 Å². The molecule has 4 rings (SSSR count). The second kappa shape index (κ2) is 13.4. The highest BCUT2D eigenvalue weighted by molar-refractivity contribution is 6.31. The molecule has 1 aliphatic carbocycles. The molecule has 11 nitrogen and oxygen atoms in total. The molecule has 0 bridgehead atoms. The van der Waals surface area contributed by atoms with Crippen LogP contribution in [0.25, 0.3) is 0 Å². The van der Waals surface area contributed by atoms with E-state index in [1.165, 1.54) is 0 Å². The Morgan fingerprint density at radius 1 is 1.11 bits per heavy atom. The number of carbonyl (C=O) groups is 2. The van der Waals surface area contributed by atoms with E-state index in [1.54, 1.807) is 35.5 Å². The predicted molar refractivity (Wildman–Crippen MR) is 174 cm³/mol. The van der Waals surface area contributed by atoms with Gasteiger partial charge in [-0.3, -0.25) is 9.69 Å². The number of anilines is 1. The molecule has 1 saturated carbocycles.